The SMILES string of the molecule is O=S(=O)(Nc1ccc(C2=NCCN2)cc1)c1ccc2ccccc2c1. The standard InChI is InChI=1S/C19H17N3O2S/c23-25(24,18-10-7-14-3-1-2-4-16(14)13-18)22-17-8-5-15(6-9-17)19-20-11-12-21-19/h1-10,13,22H,11-12H2,(H,20,21). The lowest BCUT2D eigenvalue weighted by molar-refractivity contribution is 0.601. The zero-order valence-corrected chi connectivity index (χ0v) is 14.3. The molecule has 0 aliphatic carbocycles. The highest BCUT2D eigenvalue weighted by Crippen LogP contribution is 2.21. The van der Waals surface area contributed by atoms with Crippen molar-refractivity contribution in [3.8, 4) is 0 Å². The molecule has 0 amide bonds. The van der Waals surface area contributed by atoms with E-state index >= 15 is 0 Å². The van der Waals surface area contributed by atoms with E-state index in [-0.39, 0.29) is 4.90 Å². The Morgan fingerprint density at radius 3 is 2.40 bits per heavy atom. The van der Waals surface area contributed by atoms with Crippen LogP contribution in [0, 0.1) is 0 Å². The smallest absolute Gasteiger partial charge is 0.261 e. The second-order valence-corrected chi connectivity index (χ2v) is 7.53. The topological polar surface area (TPSA) is 70.6 Å². The fraction of sp³-hybridized carbons (Fsp3) is 0.105. The number of rotatable bonds is 4. The Balaban J connectivity index is 1.59. The van der Waals surface area contributed by atoms with Gasteiger partial charge in [0.2, 0.25) is 0 Å². The third-order valence-electron chi connectivity index (χ3n) is 4.12. The van der Waals surface area contributed by atoms with E-state index in [9.17, 15) is 8.42 Å². The lowest BCUT2D eigenvalue weighted by atomic mass is 10.1. The van der Waals surface area contributed by atoms with Crippen molar-refractivity contribution in [1.29, 1.82) is 0 Å². The molecular weight excluding hydrogens is 334 g/mol. The van der Waals surface area contributed by atoms with Crippen LogP contribution >= 0.6 is 0 Å². The molecule has 3 aromatic carbocycles. The van der Waals surface area contributed by atoms with Gasteiger partial charge in [0.15, 0.2) is 0 Å². The van der Waals surface area contributed by atoms with Crippen LogP contribution < -0.4 is 10.0 Å². The number of aliphatic imine (C=N–C) groups is 1. The van der Waals surface area contributed by atoms with Crippen LogP contribution in [0.1, 0.15) is 5.56 Å². The summed E-state index contributed by atoms with van der Waals surface area (Å²) >= 11 is 0. The van der Waals surface area contributed by atoms with E-state index < -0.39 is 10.0 Å². The first-order chi connectivity index (χ1) is 12.1. The van der Waals surface area contributed by atoms with Crippen molar-refractivity contribution in [3.63, 3.8) is 0 Å². The van der Waals surface area contributed by atoms with E-state index in [0.29, 0.717) is 5.69 Å². The average Bonchev–Trinajstić information content (AvgIpc) is 3.16. The summed E-state index contributed by atoms with van der Waals surface area (Å²) in [4.78, 5) is 4.60. The highest BCUT2D eigenvalue weighted by Gasteiger charge is 2.15. The van der Waals surface area contributed by atoms with Crippen LogP contribution in [0.3, 0.4) is 0 Å². The lowest BCUT2D eigenvalue weighted by Gasteiger charge is -2.10. The van der Waals surface area contributed by atoms with Gasteiger partial charge >= 0.3 is 0 Å². The number of fused-ring (bicyclic) bond motifs is 1. The van der Waals surface area contributed by atoms with E-state index in [4.69, 9.17) is 0 Å². The molecule has 5 nitrogen and oxygen atoms in total. The average molecular weight is 351 g/mol. The minimum absolute atomic E-state index is 0.247. The third kappa shape index (κ3) is 3.21. The minimum Gasteiger partial charge on any atom is -0.368 e. The summed E-state index contributed by atoms with van der Waals surface area (Å²) in [6, 6.07) is 20.0. The second kappa shape index (κ2) is 6.22. The van der Waals surface area contributed by atoms with Crippen molar-refractivity contribution < 1.29 is 8.42 Å². The zero-order valence-electron chi connectivity index (χ0n) is 13.4. The molecule has 0 fully saturated rings. The van der Waals surface area contributed by atoms with Gasteiger partial charge in [-0.1, -0.05) is 30.3 Å². The van der Waals surface area contributed by atoms with Crippen molar-refractivity contribution in [3.05, 3.63) is 72.3 Å². The quantitative estimate of drug-likeness (QED) is 0.759. The first kappa shape index (κ1) is 15.7. The summed E-state index contributed by atoms with van der Waals surface area (Å²) in [5.41, 5.74) is 1.47. The van der Waals surface area contributed by atoms with E-state index in [1.807, 2.05) is 42.5 Å². The lowest BCUT2D eigenvalue weighted by Crippen LogP contribution is -2.19. The highest BCUT2D eigenvalue weighted by molar-refractivity contribution is 7.92. The summed E-state index contributed by atoms with van der Waals surface area (Å²) in [7, 11) is -3.63. The van der Waals surface area contributed by atoms with Gasteiger partial charge in [-0.15, -0.1) is 0 Å². The monoisotopic (exact) mass is 351 g/mol. The van der Waals surface area contributed by atoms with Gasteiger partial charge in [0.05, 0.1) is 11.4 Å². The van der Waals surface area contributed by atoms with Crippen molar-refractivity contribution in [2.75, 3.05) is 17.8 Å². The summed E-state index contributed by atoms with van der Waals surface area (Å²) in [6.45, 7) is 1.61. The van der Waals surface area contributed by atoms with Gasteiger partial charge in [0, 0.05) is 17.8 Å². The third-order valence-corrected chi connectivity index (χ3v) is 5.49. The molecule has 25 heavy (non-hydrogen) atoms. The molecule has 0 unspecified atom stereocenters. The van der Waals surface area contributed by atoms with E-state index in [2.05, 4.69) is 15.0 Å². The van der Waals surface area contributed by atoms with Gasteiger partial charge in [-0.05, 0) is 47.2 Å². The van der Waals surface area contributed by atoms with Crippen molar-refractivity contribution in [2.45, 2.75) is 4.90 Å². The molecule has 1 heterocycles. The van der Waals surface area contributed by atoms with Crippen LogP contribution in [-0.2, 0) is 10.0 Å². The largest absolute Gasteiger partial charge is 0.368 e. The molecule has 3 aromatic rings. The van der Waals surface area contributed by atoms with Crippen LogP contribution in [-0.4, -0.2) is 27.3 Å². The van der Waals surface area contributed by atoms with Gasteiger partial charge in [-0.2, -0.15) is 0 Å². The van der Waals surface area contributed by atoms with Crippen molar-refractivity contribution in [2.24, 2.45) is 4.99 Å². The fourth-order valence-corrected chi connectivity index (χ4v) is 3.93. The molecule has 0 spiro atoms. The summed E-state index contributed by atoms with van der Waals surface area (Å²) in [5, 5.41) is 5.10. The Kier molecular flexibility index (Phi) is 3.89. The maximum Gasteiger partial charge on any atom is 0.261 e. The Bertz CT molecular complexity index is 1060. The summed E-state index contributed by atoms with van der Waals surface area (Å²) < 4.78 is 27.9. The molecule has 4 rings (SSSR count). The molecule has 1 aliphatic heterocycles. The van der Waals surface area contributed by atoms with Gasteiger partial charge < -0.3 is 5.32 Å². The number of sulfonamides is 1. The molecule has 0 radical (unpaired) electrons. The number of nitrogens with one attached hydrogen (secondary N) is 2. The van der Waals surface area contributed by atoms with Gasteiger partial charge in [0.1, 0.15) is 5.84 Å². The Morgan fingerprint density at radius 2 is 1.68 bits per heavy atom. The molecule has 0 atom stereocenters. The Labute approximate surface area is 146 Å². The second-order valence-electron chi connectivity index (χ2n) is 5.85. The maximum absolute atomic E-state index is 12.6. The van der Waals surface area contributed by atoms with Crippen LogP contribution in [0.25, 0.3) is 10.8 Å². The summed E-state index contributed by atoms with van der Waals surface area (Å²) in [5.74, 6) is 0.851. The first-order valence-electron chi connectivity index (χ1n) is 8.02. The maximum atomic E-state index is 12.6. The number of benzene rings is 3. The Morgan fingerprint density at radius 1 is 0.920 bits per heavy atom. The van der Waals surface area contributed by atoms with Gasteiger partial charge in [0.25, 0.3) is 10.0 Å². The molecule has 0 bridgehead atoms. The van der Waals surface area contributed by atoms with Crippen molar-refractivity contribution in [1.82, 2.24) is 5.32 Å². The normalized spacial score (nSPS) is 14.2. The molecule has 0 saturated heterocycles. The van der Waals surface area contributed by atoms with E-state index in [1.165, 1.54) is 0 Å². The zero-order chi connectivity index (χ0) is 17.3. The van der Waals surface area contributed by atoms with Crippen LogP contribution in [0.5, 0.6) is 0 Å². The first-order valence-corrected chi connectivity index (χ1v) is 9.50. The Hall–Kier alpha value is -2.86. The molecule has 0 saturated carbocycles. The predicted molar refractivity (Wildman–Crippen MR) is 101 cm³/mol. The highest BCUT2D eigenvalue weighted by atomic mass is 32.2. The molecule has 126 valence electrons. The van der Waals surface area contributed by atoms with Gasteiger partial charge in [-0.25, -0.2) is 8.42 Å². The van der Waals surface area contributed by atoms with Crippen LogP contribution in [0.15, 0.2) is 76.6 Å². The van der Waals surface area contributed by atoms with E-state index in [0.717, 1.165) is 35.3 Å². The fourth-order valence-electron chi connectivity index (χ4n) is 2.84. The molecular formula is C19H17N3O2S. The van der Waals surface area contributed by atoms with Crippen molar-refractivity contribution >= 4 is 32.3 Å². The number of nitrogens with zero attached hydrogens (tertiary/aromatic N) is 1. The predicted octanol–water partition coefficient (Wildman–Crippen LogP) is 2.99. The van der Waals surface area contributed by atoms with Crippen LogP contribution in [0.2, 0.25) is 0 Å². The number of hydrogen-bond donors (Lipinski definition) is 2. The van der Waals surface area contributed by atoms with E-state index in [1.54, 1.807) is 24.3 Å². The molecule has 2 N–H and O–H groups in total. The number of anilines is 1. The number of hydrogen-bond acceptors (Lipinski definition) is 4. The summed E-state index contributed by atoms with van der Waals surface area (Å²) in [6.07, 6.45) is 0. The van der Waals surface area contributed by atoms with Gasteiger partial charge in [-0.3, -0.25) is 9.71 Å². The van der Waals surface area contributed by atoms with Crippen LogP contribution in [0.4, 0.5) is 5.69 Å². The molecule has 0 aromatic heterocycles. The number of amidine groups is 1. The molecule has 1 aliphatic rings. The molecule has 6 heteroatoms. The minimum atomic E-state index is -3.63.